The maximum absolute atomic E-state index is 13.0. The lowest BCUT2D eigenvalue weighted by Gasteiger charge is -2.33. The van der Waals surface area contributed by atoms with Gasteiger partial charge in [-0.1, -0.05) is 35.0 Å². The first-order valence-electron chi connectivity index (χ1n) is 9.26. The Kier molecular flexibility index (Phi) is 4.47. The Morgan fingerprint density at radius 1 is 1.33 bits per heavy atom. The lowest BCUT2D eigenvalue weighted by atomic mass is 9.94. The van der Waals surface area contributed by atoms with Crippen LogP contribution in [0.15, 0.2) is 34.9 Å². The Labute approximate surface area is 158 Å². The molecule has 1 atom stereocenters. The van der Waals surface area contributed by atoms with E-state index in [9.17, 15) is 9.59 Å². The van der Waals surface area contributed by atoms with Crippen LogP contribution in [0.3, 0.4) is 0 Å². The molecule has 27 heavy (non-hydrogen) atoms. The molecule has 2 amide bonds. The molecular weight excluding hydrogens is 344 g/mol. The molecule has 0 aliphatic carbocycles. The summed E-state index contributed by atoms with van der Waals surface area (Å²) in [4.78, 5) is 27.3. The molecule has 1 N–H and O–H groups in total. The normalized spacial score (nSPS) is 22.6. The van der Waals surface area contributed by atoms with Crippen molar-refractivity contribution < 1.29 is 14.1 Å². The summed E-state index contributed by atoms with van der Waals surface area (Å²) in [6.07, 6.45) is 1.39. The maximum Gasteiger partial charge on any atom is 0.245 e. The Bertz CT molecular complexity index is 878. The Morgan fingerprint density at radius 3 is 2.93 bits per heavy atom. The van der Waals surface area contributed by atoms with Crippen molar-refractivity contribution in [3.05, 3.63) is 52.9 Å². The predicted octanol–water partition coefficient (Wildman–Crippen LogP) is 1.74. The molecule has 3 heterocycles. The SMILES string of the molecule is Cc1cccc(CC(=O)N2NC(=O)CC23CCN(Cc2cc(C)no2)C3)c1. The topological polar surface area (TPSA) is 78.7 Å². The van der Waals surface area contributed by atoms with Crippen LogP contribution >= 0.6 is 0 Å². The van der Waals surface area contributed by atoms with Crippen LogP contribution < -0.4 is 5.43 Å². The van der Waals surface area contributed by atoms with Crippen LogP contribution in [0.2, 0.25) is 0 Å². The predicted molar refractivity (Wildman–Crippen MR) is 98.4 cm³/mol. The zero-order valence-electron chi connectivity index (χ0n) is 15.7. The van der Waals surface area contributed by atoms with Crippen LogP contribution in [0.1, 0.15) is 35.4 Å². The van der Waals surface area contributed by atoms with Crippen molar-refractivity contribution in [3.63, 3.8) is 0 Å². The van der Waals surface area contributed by atoms with Gasteiger partial charge in [-0.3, -0.25) is 19.9 Å². The molecule has 2 fully saturated rings. The van der Waals surface area contributed by atoms with Gasteiger partial charge in [-0.25, -0.2) is 5.01 Å². The Morgan fingerprint density at radius 2 is 2.19 bits per heavy atom. The van der Waals surface area contributed by atoms with Crippen LogP contribution in [-0.4, -0.2) is 45.5 Å². The van der Waals surface area contributed by atoms with Gasteiger partial charge in [0, 0.05) is 19.2 Å². The molecule has 1 spiro atoms. The number of nitrogens with zero attached hydrogens (tertiary/aromatic N) is 3. The number of carbonyl (C=O) groups is 2. The fourth-order valence-electron chi connectivity index (χ4n) is 4.18. The fraction of sp³-hybridized carbons (Fsp3) is 0.450. The standard InChI is InChI=1S/C20H24N4O3/c1-14-4-3-5-16(8-14)10-19(26)24-20(11-18(25)21-24)6-7-23(13-20)12-17-9-15(2)22-27-17/h3-5,8-9H,6-7,10-13H2,1-2H3,(H,21,25). The van der Waals surface area contributed by atoms with E-state index in [1.54, 1.807) is 5.01 Å². The molecule has 142 valence electrons. The molecule has 1 unspecified atom stereocenters. The molecule has 0 saturated carbocycles. The molecule has 1 aromatic carbocycles. The van der Waals surface area contributed by atoms with Gasteiger partial charge in [-0.05, 0) is 25.8 Å². The van der Waals surface area contributed by atoms with Gasteiger partial charge >= 0.3 is 0 Å². The van der Waals surface area contributed by atoms with Crippen molar-refractivity contribution >= 4 is 11.8 Å². The minimum absolute atomic E-state index is 0.0659. The molecule has 7 heteroatoms. The van der Waals surface area contributed by atoms with Crippen molar-refractivity contribution in [2.45, 2.75) is 45.2 Å². The average Bonchev–Trinajstić information content (AvgIpc) is 3.28. The molecule has 2 aliphatic heterocycles. The second-order valence-electron chi connectivity index (χ2n) is 7.73. The summed E-state index contributed by atoms with van der Waals surface area (Å²) in [5.41, 5.74) is 5.25. The number of carbonyl (C=O) groups excluding carboxylic acids is 2. The largest absolute Gasteiger partial charge is 0.360 e. The molecule has 4 rings (SSSR count). The molecule has 0 bridgehead atoms. The van der Waals surface area contributed by atoms with Gasteiger partial charge in [0.1, 0.15) is 0 Å². The van der Waals surface area contributed by atoms with Gasteiger partial charge in [0.25, 0.3) is 0 Å². The highest BCUT2D eigenvalue weighted by Gasteiger charge is 2.51. The zero-order valence-corrected chi connectivity index (χ0v) is 15.7. The Hall–Kier alpha value is -2.67. The summed E-state index contributed by atoms with van der Waals surface area (Å²) in [5, 5.41) is 5.51. The minimum Gasteiger partial charge on any atom is -0.360 e. The Balaban J connectivity index is 1.47. The number of hydrogen-bond acceptors (Lipinski definition) is 5. The summed E-state index contributed by atoms with van der Waals surface area (Å²) in [7, 11) is 0. The zero-order chi connectivity index (χ0) is 19.0. The highest BCUT2D eigenvalue weighted by atomic mass is 16.5. The van der Waals surface area contributed by atoms with Crippen molar-refractivity contribution in [1.82, 2.24) is 20.5 Å². The van der Waals surface area contributed by atoms with E-state index >= 15 is 0 Å². The van der Waals surface area contributed by atoms with Crippen molar-refractivity contribution in [2.24, 2.45) is 0 Å². The quantitative estimate of drug-likeness (QED) is 0.889. The summed E-state index contributed by atoms with van der Waals surface area (Å²) in [5.74, 6) is 0.647. The molecule has 2 aliphatic rings. The third kappa shape index (κ3) is 3.60. The number of aromatic nitrogens is 1. The van der Waals surface area contributed by atoms with Gasteiger partial charge in [-0.15, -0.1) is 0 Å². The minimum atomic E-state index is -0.479. The first-order valence-corrected chi connectivity index (χ1v) is 9.26. The highest BCUT2D eigenvalue weighted by Crippen LogP contribution is 2.35. The maximum atomic E-state index is 13.0. The number of hydrogen-bond donors (Lipinski definition) is 1. The molecule has 2 aromatic rings. The fourth-order valence-corrected chi connectivity index (χ4v) is 4.18. The monoisotopic (exact) mass is 368 g/mol. The molecule has 2 saturated heterocycles. The van der Waals surface area contributed by atoms with Crippen LogP contribution in [0, 0.1) is 13.8 Å². The van der Waals surface area contributed by atoms with Crippen LogP contribution in [0.4, 0.5) is 0 Å². The highest BCUT2D eigenvalue weighted by molar-refractivity contribution is 5.88. The number of benzene rings is 1. The summed E-state index contributed by atoms with van der Waals surface area (Å²) < 4.78 is 5.31. The average molecular weight is 368 g/mol. The van der Waals surface area contributed by atoms with Gasteiger partial charge in [0.15, 0.2) is 5.76 Å². The number of rotatable bonds is 4. The van der Waals surface area contributed by atoms with E-state index in [0.717, 1.165) is 35.5 Å². The van der Waals surface area contributed by atoms with Gasteiger partial charge in [0.2, 0.25) is 11.8 Å². The number of likely N-dealkylation sites (tertiary alicyclic amines) is 1. The lowest BCUT2D eigenvalue weighted by molar-refractivity contribution is -0.140. The van der Waals surface area contributed by atoms with Crippen LogP contribution in [-0.2, 0) is 22.6 Å². The van der Waals surface area contributed by atoms with E-state index in [2.05, 4.69) is 15.5 Å². The van der Waals surface area contributed by atoms with Crippen molar-refractivity contribution in [2.75, 3.05) is 13.1 Å². The summed E-state index contributed by atoms with van der Waals surface area (Å²) >= 11 is 0. The number of hydrazine groups is 1. The van der Waals surface area contributed by atoms with Crippen LogP contribution in [0.25, 0.3) is 0 Å². The summed E-state index contributed by atoms with van der Waals surface area (Å²) in [6, 6.07) is 9.84. The number of nitrogens with one attached hydrogen (secondary N) is 1. The van der Waals surface area contributed by atoms with Crippen molar-refractivity contribution in [3.8, 4) is 0 Å². The number of amides is 2. The lowest BCUT2D eigenvalue weighted by Crippen LogP contribution is -2.53. The van der Waals surface area contributed by atoms with Crippen LogP contribution in [0.5, 0.6) is 0 Å². The number of aryl methyl sites for hydroxylation is 2. The van der Waals surface area contributed by atoms with E-state index in [0.29, 0.717) is 19.5 Å². The second-order valence-corrected chi connectivity index (χ2v) is 7.73. The second kappa shape index (κ2) is 6.81. The van der Waals surface area contributed by atoms with Gasteiger partial charge in [-0.2, -0.15) is 0 Å². The van der Waals surface area contributed by atoms with E-state index in [-0.39, 0.29) is 18.2 Å². The first-order chi connectivity index (χ1) is 12.9. The smallest absolute Gasteiger partial charge is 0.245 e. The third-order valence-corrected chi connectivity index (χ3v) is 5.36. The van der Waals surface area contributed by atoms with E-state index < -0.39 is 5.54 Å². The first kappa shape index (κ1) is 17.7. The van der Waals surface area contributed by atoms with Gasteiger partial charge in [0.05, 0.1) is 30.6 Å². The van der Waals surface area contributed by atoms with Gasteiger partial charge < -0.3 is 4.52 Å². The van der Waals surface area contributed by atoms with Crippen molar-refractivity contribution in [1.29, 1.82) is 0 Å². The molecule has 1 aromatic heterocycles. The molecular formula is C20H24N4O3. The van der Waals surface area contributed by atoms with E-state index in [1.807, 2.05) is 44.2 Å². The third-order valence-electron chi connectivity index (χ3n) is 5.36. The molecule has 0 radical (unpaired) electrons. The van der Waals surface area contributed by atoms with E-state index in [4.69, 9.17) is 4.52 Å². The summed E-state index contributed by atoms with van der Waals surface area (Å²) in [6.45, 7) is 5.99. The molecule has 7 nitrogen and oxygen atoms in total. The van der Waals surface area contributed by atoms with E-state index in [1.165, 1.54) is 0 Å².